The Balaban J connectivity index is 0.000000406. The molecule has 12 heteroatoms. The van der Waals surface area contributed by atoms with Crippen molar-refractivity contribution in [2.24, 2.45) is 0 Å². The predicted molar refractivity (Wildman–Crippen MR) is 121 cm³/mol. The average molecular weight is 519 g/mol. The number of ether oxygens (including phenoxy) is 1. The van der Waals surface area contributed by atoms with Gasteiger partial charge in [0, 0.05) is 29.3 Å². The number of halogens is 3. The lowest BCUT2D eigenvalue weighted by atomic mass is 9.95. The number of benzene rings is 1. The van der Waals surface area contributed by atoms with Crippen LogP contribution in [0.3, 0.4) is 0 Å². The summed E-state index contributed by atoms with van der Waals surface area (Å²) in [6.45, 7) is 5.57. The van der Waals surface area contributed by atoms with Gasteiger partial charge in [-0.2, -0.15) is 17.5 Å². The Morgan fingerprint density at radius 3 is 2.38 bits per heavy atom. The van der Waals surface area contributed by atoms with Crippen LogP contribution in [0, 0.1) is 13.8 Å². The molecule has 3 heterocycles. The van der Waals surface area contributed by atoms with Gasteiger partial charge in [-0.25, -0.2) is 13.2 Å². The molecule has 7 nitrogen and oxygen atoms in total. The van der Waals surface area contributed by atoms with E-state index in [1.807, 2.05) is 55.9 Å². The largest absolute Gasteiger partial charge is 0.490 e. The average Bonchev–Trinajstić information content (AvgIpc) is 3.16. The van der Waals surface area contributed by atoms with Gasteiger partial charge in [-0.05, 0) is 44.5 Å². The lowest BCUT2D eigenvalue weighted by Crippen LogP contribution is -2.60. The van der Waals surface area contributed by atoms with Gasteiger partial charge < -0.3 is 9.84 Å². The molecule has 1 spiro atoms. The molecule has 1 aromatic heterocycles. The molecule has 2 aliphatic rings. The zero-order chi connectivity index (χ0) is 25.1. The van der Waals surface area contributed by atoms with Crippen LogP contribution in [-0.4, -0.2) is 64.7 Å². The van der Waals surface area contributed by atoms with E-state index in [4.69, 9.17) is 14.6 Å². The summed E-state index contributed by atoms with van der Waals surface area (Å²) >= 11 is 1.84. The van der Waals surface area contributed by atoms with E-state index in [9.17, 15) is 21.6 Å². The number of aromatic nitrogens is 1. The minimum Gasteiger partial charge on any atom is -0.475 e. The highest BCUT2D eigenvalue weighted by Gasteiger charge is 2.53. The Hall–Kier alpha value is -2.15. The molecule has 0 radical (unpaired) electrons. The molecule has 0 amide bonds. The van der Waals surface area contributed by atoms with Gasteiger partial charge in [0.2, 0.25) is 10.0 Å². The fraction of sp³-hybridized carbons (Fsp3) is 0.455. The number of carboxylic acids is 1. The van der Waals surface area contributed by atoms with Crippen LogP contribution in [0.1, 0.15) is 23.4 Å². The number of pyridine rings is 1. The second-order valence-corrected chi connectivity index (χ2v) is 11.7. The highest BCUT2D eigenvalue weighted by molar-refractivity contribution is 8.01. The molecule has 0 bridgehead atoms. The third-order valence-electron chi connectivity index (χ3n) is 5.42. The standard InChI is InChI=1S/C20H24N2O3S2.C2HF3O2/c1-15-6-8-19(9-7-15)27(23,24)22-13-20(14-22)10-18(12-26-20)25-11-17-5-3-4-16(2)21-17;3-2(4,5)1(6)7/h3-9,18H,10-14H2,1-2H3;(H,6,7). The molecule has 2 aliphatic heterocycles. The normalized spacial score (nSPS) is 19.9. The quantitative estimate of drug-likeness (QED) is 0.643. The number of hydrogen-bond donors (Lipinski definition) is 1. The Morgan fingerprint density at radius 1 is 1.21 bits per heavy atom. The number of rotatable bonds is 5. The SMILES string of the molecule is Cc1ccc(S(=O)(=O)N2CC3(CC(OCc4cccc(C)n4)CS3)C2)cc1.O=C(O)C(F)(F)F. The van der Waals surface area contributed by atoms with Gasteiger partial charge in [0.1, 0.15) is 0 Å². The van der Waals surface area contributed by atoms with Gasteiger partial charge in [-0.15, -0.1) is 11.8 Å². The van der Waals surface area contributed by atoms with Crippen molar-refractivity contribution in [2.75, 3.05) is 18.8 Å². The van der Waals surface area contributed by atoms with Gasteiger partial charge in [0.25, 0.3) is 0 Å². The van der Waals surface area contributed by atoms with E-state index in [1.165, 1.54) is 0 Å². The van der Waals surface area contributed by atoms with E-state index in [0.717, 1.165) is 29.1 Å². The molecular formula is C22H25F3N2O5S2. The Kier molecular flexibility index (Phi) is 7.96. The van der Waals surface area contributed by atoms with Crippen LogP contribution in [0.25, 0.3) is 0 Å². The molecule has 1 unspecified atom stereocenters. The summed E-state index contributed by atoms with van der Waals surface area (Å²) in [5, 5.41) is 7.12. The van der Waals surface area contributed by atoms with Crippen molar-refractivity contribution in [1.29, 1.82) is 0 Å². The lowest BCUT2D eigenvalue weighted by molar-refractivity contribution is -0.192. The van der Waals surface area contributed by atoms with Gasteiger partial charge in [-0.1, -0.05) is 23.8 Å². The molecule has 34 heavy (non-hydrogen) atoms. The number of carbonyl (C=O) groups is 1. The highest BCUT2D eigenvalue weighted by Crippen LogP contribution is 2.47. The van der Waals surface area contributed by atoms with Crippen LogP contribution in [0.4, 0.5) is 13.2 Å². The first-order valence-electron chi connectivity index (χ1n) is 10.4. The number of carboxylic acid groups (broad SMARTS) is 1. The summed E-state index contributed by atoms with van der Waals surface area (Å²) in [6.07, 6.45) is -4.04. The van der Waals surface area contributed by atoms with Crippen molar-refractivity contribution >= 4 is 27.8 Å². The maximum absolute atomic E-state index is 12.8. The summed E-state index contributed by atoms with van der Waals surface area (Å²) < 4.78 is 64.9. The Labute approximate surface area is 200 Å². The number of aliphatic carboxylic acids is 1. The molecule has 0 aliphatic carbocycles. The third kappa shape index (κ3) is 6.49. The molecule has 0 saturated carbocycles. The molecular weight excluding hydrogens is 493 g/mol. The Bertz CT molecular complexity index is 1120. The summed E-state index contributed by atoms with van der Waals surface area (Å²) in [5.41, 5.74) is 2.99. The van der Waals surface area contributed by atoms with Crippen molar-refractivity contribution in [3.63, 3.8) is 0 Å². The fourth-order valence-corrected chi connectivity index (χ4v) is 6.97. The number of sulfonamides is 1. The highest BCUT2D eigenvalue weighted by atomic mass is 32.2. The van der Waals surface area contributed by atoms with Gasteiger partial charge in [0.15, 0.2) is 0 Å². The van der Waals surface area contributed by atoms with E-state index < -0.39 is 22.2 Å². The van der Waals surface area contributed by atoms with Crippen LogP contribution in [0.15, 0.2) is 47.4 Å². The van der Waals surface area contributed by atoms with Gasteiger partial charge in [-0.3, -0.25) is 4.98 Å². The lowest BCUT2D eigenvalue weighted by Gasteiger charge is -2.46. The molecule has 186 valence electrons. The van der Waals surface area contributed by atoms with Gasteiger partial charge >= 0.3 is 12.1 Å². The number of thioether (sulfide) groups is 1. The summed E-state index contributed by atoms with van der Waals surface area (Å²) in [4.78, 5) is 13.7. The number of nitrogens with zero attached hydrogens (tertiary/aromatic N) is 2. The Morgan fingerprint density at radius 2 is 1.82 bits per heavy atom. The second-order valence-electron chi connectivity index (χ2n) is 8.29. The van der Waals surface area contributed by atoms with E-state index in [0.29, 0.717) is 24.6 Å². The molecule has 4 rings (SSSR count). The minimum atomic E-state index is -5.08. The number of aryl methyl sites for hydroxylation is 2. The van der Waals surface area contributed by atoms with Crippen molar-refractivity contribution in [2.45, 2.75) is 48.8 Å². The first-order valence-corrected chi connectivity index (χ1v) is 12.8. The van der Waals surface area contributed by atoms with Crippen molar-refractivity contribution in [3.8, 4) is 0 Å². The topological polar surface area (TPSA) is 96.8 Å². The molecule has 2 aromatic rings. The number of alkyl halides is 3. The van der Waals surface area contributed by atoms with E-state index in [1.54, 1.807) is 16.4 Å². The van der Waals surface area contributed by atoms with E-state index >= 15 is 0 Å². The number of hydrogen-bond acceptors (Lipinski definition) is 6. The maximum atomic E-state index is 12.8. The fourth-order valence-electron chi connectivity index (χ4n) is 3.64. The maximum Gasteiger partial charge on any atom is 0.490 e. The van der Waals surface area contributed by atoms with E-state index in [2.05, 4.69) is 4.98 Å². The molecule has 1 atom stereocenters. The first kappa shape index (κ1) is 26.5. The predicted octanol–water partition coefficient (Wildman–Crippen LogP) is 3.80. The molecule has 2 saturated heterocycles. The molecule has 1 aromatic carbocycles. The van der Waals surface area contributed by atoms with Crippen LogP contribution >= 0.6 is 11.8 Å². The van der Waals surface area contributed by atoms with Crippen molar-refractivity contribution in [3.05, 3.63) is 59.4 Å². The van der Waals surface area contributed by atoms with Crippen molar-refractivity contribution < 1.29 is 36.2 Å². The zero-order valence-corrected chi connectivity index (χ0v) is 20.2. The molecule has 2 fully saturated rings. The molecule has 1 N–H and O–H groups in total. The van der Waals surface area contributed by atoms with Crippen molar-refractivity contribution in [1.82, 2.24) is 9.29 Å². The smallest absolute Gasteiger partial charge is 0.475 e. The summed E-state index contributed by atoms with van der Waals surface area (Å²) in [6, 6.07) is 13.0. The van der Waals surface area contributed by atoms with Crippen LogP contribution < -0.4 is 0 Å². The third-order valence-corrected chi connectivity index (χ3v) is 8.80. The second kappa shape index (κ2) is 10.2. The van der Waals surface area contributed by atoms with Crippen LogP contribution in [-0.2, 0) is 26.2 Å². The zero-order valence-electron chi connectivity index (χ0n) is 18.6. The van der Waals surface area contributed by atoms with Crippen LogP contribution in [0.2, 0.25) is 0 Å². The van der Waals surface area contributed by atoms with Crippen LogP contribution in [0.5, 0.6) is 0 Å². The summed E-state index contributed by atoms with van der Waals surface area (Å²) in [5.74, 6) is -1.85. The first-order chi connectivity index (χ1) is 15.8. The van der Waals surface area contributed by atoms with Gasteiger partial charge in [0.05, 0.1) is 23.3 Å². The minimum absolute atomic E-state index is 0.00245. The summed E-state index contributed by atoms with van der Waals surface area (Å²) in [7, 11) is -3.39. The van der Waals surface area contributed by atoms with E-state index in [-0.39, 0.29) is 10.9 Å². The monoisotopic (exact) mass is 518 g/mol.